The van der Waals surface area contributed by atoms with Crippen LogP contribution in [0.2, 0.25) is 4.34 Å². The summed E-state index contributed by atoms with van der Waals surface area (Å²) in [6, 6.07) is 8.41. The second-order valence-corrected chi connectivity index (χ2v) is 9.19. The van der Waals surface area contributed by atoms with Crippen LogP contribution in [0.4, 0.5) is 0 Å². The maximum Gasteiger partial charge on any atom is 0.294 e. The lowest BCUT2D eigenvalue weighted by atomic mass is 10.3. The quantitative estimate of drug-likeness (QED) is 0.633. The Morgan fingerprint density at radius 2 is 2.12 bits per heavy atom. The van der Waals surface area contributed by atoms with Crippen LogP contribution in [0.25, 0.3) is 10.2 Å². The van der Waals surface area contributed by atoms with Gasteiger partial charge in [0.1, 0.15) is 9.96 Å². The van der Waals surface area contributed by atoms with Gasteiger partial charge >= 0.3 is 0 Å². The topological polar surface area (TPSA) is 60.7 Å². The van der Waals surface area contributed by atoms with Crippen LogP contribution in [0.3, 0.4) is 0 Å². The fourth-order valence-corrected chi connectivity index (χ4v) is 5.80. The standard InChI is InChI=1S/C15H11ClN2O3S3/c1-3-8-18-11-5-4-10(21-2)9-12(11)22-15(18)17-24(19,20)14-7-6-13(16)23-14/h1,4-7,9H,8H2,2H3/b17-15-. The lowest BCUT2D eigenvalue weighted by Gasteiger charge is -2.01. The molecule has 0 N–H and O–H groups in total. The molecule has 1 aromatic carbocycles. The highest BCUT2D eigenvalue weighted by atomic mass is 35.5. The normalized spacial score (nSPS) is 12.5. The van der Waals surface area contributed by atoms with Crippen molar-refractivity contribution >= 4 is 54.5 Å². The summed E-state index contributed by atoms with van der Waals surface area (Å²) in [5.41, 5.74) is 0.803. The van der Waals surface area contributed by atoms with Gasteiger partial charge in [0, 0.05) is 0 Å². The van der Waals surface area contributed by atoms with Gasteiger partial charge in [0.25, 0.3) is 10.0 Å². The number of thiophene rings is 1. The lowest BCUT2D eigenvalue weighted by molar-refractivity contribution is 0.415. The minimum Gasteiger partial charge on any atom is -0.497 e. The molecule has 0 aliphatic rings. The first-order chi connectivity index (χ1) is 11.4. The zero-order chi connectivity index (χ0) is 17.3. The van der Waals surface area contributed by atoms with E-state index in [1.165, 1.54) is 23.5 Å². The predicted molar refractivity (Wildman–Crippen MR) is 97.3 cm³/mol. The largest absolute Gasteiger partial charge is 0.497 e. The van der Waals surface area contributed by atoms with Gasteiger partial charge in [0.05, 0.1) is 28.2 Å². The number of rotatable bonds is 4. The molecule has 0 bridgehead atoms. The third-order valence-corrected chi connectivity index (χ3v) is 7.26. The zero-order valence-corrected chi connectivity index (χ0v) is 15.6. The molecule has 2 aromatic heterocycles. The smallest absolute Gasteiger partial charge is 0.294 e. The molecule has 2 heterocycles. The van der Waals surface area contributed by atoms with Crippen molar-refractivity contribution in [1.29, 1.82) is 0 Å². The Morgan fingerprint density at radius 1 is 1.33 bits per heavy atom. The van der Waals surface area contributed by atoms with Crippen molar-refractivity contribution in [2.75, 3.05) is 7.11 Å². The molecule has 0 radical (unpaired) electrons. The van der Waals surface area contributed by atoms with Crippen molar-refractivity contribution in [1.82, 2.24) is 4.57 Å². The fraction of sp³-hybridized carbons (Fsp3) is 0.133. The van der Waals surface area contributed by atoms with E-state index in [-0.39, 0.29) is 10.8 Å². The number of hydrogen-bond donors (Lipinski definition) is 0. The summed E-state index contributed by atoms with van der Waals surface area (Å²) in [5.74, 6) is 3.20. The number of terminal acetylenes is 1. The summed E-state index contributed by atoms with van der Waals surface area (Å²) in [5, 5.41) is 0. The molecular formula is C15H11ClN2O3S3. The van der Waals surface area contributed by atoms with Gasteiger partial charge in [-0.15, -0.1) is 22.2 Å². The summed E-state index contributed by atoms with van der Waals surface area (Å²) in [6.45, 7) is 0.214. The summed E-state index contributed by atoms with van der Waals surface area (Å²) >= 11 is 8.02. The molecule has 0 unspecified atom stereocenters. The van der Waals surface area contributed by atoms with E-state index in [1.807, 2.05) is 12.1 Å². The molecule has 9 heteroatoms. The Bertz CT molecular complexity index is 1120. The van der Waals surface area contributed by atoms with E-state index in [0.717, 1.165) is 21.6 Å². The van der Waals surface area contributed by atoms with Crippen LogP contribution < -0.4 is 9.54 Å². The first-order valence-corrected chi connectivity index (χ1v) is 10.1. The second kappa shape index (κ2) is 6.61. The molecule has 0 saturated heterocycles. The Balaban J connectivity index is 2.24. The van der Waals surface area contributed by atoms with Crippen molar-refractivity contribution in [2.24, 2.45) is 4.40 Å². The highest BCUT2D eigenvalue weighted by Gasteiger charge is 2.17. The van der Waals surface area contributed by atoms with Gasteiger partial charge in [0.2, 0.25) is 4.80 Å². The fourth-order valence-electron chi connectivity index (χ4n) is 2.08. The second-order valence-electron chi connectivity index (χ2n) is 4.63. The number of fused-ring (bicyclic) bond motifs is 1. The molecule has 0 aliphatic carbocycles. The highest BCUT2D eigenvalue weighted by molar-refractivity contribution is 7.92. The van der Waals surface area contributed by atoms with Gasteiger partial charge in [0.15, 0.2) is 0 Å². The number of ether oxygens (including phenoxy) is 1. The molecule has 0 saturated carbocycles. The number of thiazole rings is 1. The molecule has 0 atom stereocenters. The first-order valence-electron chi connectivity index (χ1n) is 6.62. The average Bonchev–Trinajstić information content (AvgIpc) is 3.12. The lowest BCUT2D eigenvalue weighted by Crippen LogP contribution is -2.16. The Labute approximate surface area is 151 Å². The molecule has 0 spiro atoms. The number of sulfonamides is 1. The maximum absolute atomic E-state index is 12.5. The van der Waals surface area contributed by atoms with Crippen molar-refractivity contribution in [3.63, 3.8) is 0 Å². The van der Waals surface area contributed by atoms with E-state index in [9.17, 15) is 8.42 Å². The maximum atomic E-state index is 12.5. The van der Waals surface area contributed by atoms with Gasteiger partial charge in [-0.2, -0.15) is 8.42 Å². The van der Waals surface area contributed by atoms with Gasteiger partial charge in [-0.25, -0.2) is 0 Å². The molecule has 5 nitrogen and oxygen atoms in total. The molecule has 0 fully saturated rings. The van der Waals surface area contributed by atoms with Crippen molar-refractivity contribution < 1.29 is 13.2 Å². The molecular weight excluding hydrogens is 388 g/mol. The van der Waals surface area contributed by atoms with Gasteiger partial charge in [-0.1, -0.05) is 28.9 Å². The van der Waals surface area contributed by atoms with E-state index in [4.69, 9.17) is 22.8 Å². The summed E-state index contributed by atoms with van der Waals surface area (Å²) < 4.78 is 37.1. The molecule has 3 aromatic rings. The van der Waals surface area contributed by atoms with Crippen molar-refractivity contribution in [3.05, 3.63) is 39.5 Å². The van der Waals surface area contributed by atoms with E-state index in [0.29, 0.717) is 14.9 Å². The number of halogens is 1. The first kappa shape index (κ1) is 17.0. The highest BCUT2D eigenvalue weighted by Crippen LogP contribution is 2.27. The van der Waals surface area contributed by atoms with E-state index in [1.54, 1.807) is 17.7 Å². The molecule has 0 aliphatic heterocycles. The predicted octanol–water partition coefficient (Wildman–Crippen LogP) is 3.35. The Morgan fingerprint density at radius 3 is 2.75 bits per heavy atom. The number of nitrogens with zero attached hydrogens (tertiary/aromatic N) is 2. The Kier molecular flexibility index (Phi) is 4.69. The van der Waals surface area contributed by atoms with Crippen LogP contribution in [-0.4, -0.2) is 20.1 Å². The summed E-state index contributed by atoms with van der Waals surface area (Å²) in [4.78, 5) is 0.306. The summed E-state index contributed by atoms with van der Waals surface area (Å²) in [6.07, 6.45) is 5.42. The van der Waals surface area contributed by atoms with Crippen LogP contribution in [0.5, 0.6) is 5.75 Å². The van der Waals surface area contributed by atoms with E-state index < -0.39 is 10.0 Å². The third kappa shape index (κ3) is 3.21. The van der Waals surface area contributed by atoms with Crippen molar-refractivity contribution in [3.8, 4) is 18.1 Å². The van der Waals surface area contributed by atoms with Gasteiger partial charge in [-0.05, 0) is 30.3 Å². The van der Waals surface area contributed by atoms with Crippen LogP contribution >= 0.6 is 34.3 Å². The minimum atomic E-state index is -3.85. The SMILES string of the molecule is C#CCn1/c(=N/S(=O)(=O)c2ccc(Cl)s2)sc2cc(OC)ccc21. The molecule has 0 amide bonds. The number of aromatic nitrogens is 1. The van der Waals surface area contributed by atoms with E-state index in [2.05, 4.69) is 10.3 Å². The molecule has 3 rings (SSSR count). The Hall–Kier alpha value is -1.79. The summed E-state index contributed by atoms with van der Waals surface area (Å²) in [7, 11) is -2.28. The van der Waals surface area contributed by atoms with Gasteiger partial charge in [-0.3, -0.25) is 0 Å². The third-order valence-electron chi connectivity index (χ3n) is 3.14. The number of benzene rings is 1. The van der Waals surface area contributed by atoms with Gasteiger partial charge < -0.3 is 9.30 Å². The van der Waals surface area contributed by atoms with Crippen molar-refractivity contribution in [2.45, 2.75) is 10.8 Å². The monoisotopic (exact) mass is 398 g/mol. The van der Waals surface area contributed by atoms with E-state index >= 15 is 0 Å². The number of methoxy groups -OCH3 is 1. The average molecular weight is 399 g/mol. The number of hydrogen-bond acceptors (Lipinski definition) is 5. The minimum absolute atomic E-state index is 0.0924. The molecule has 124 valence electrons. The van der Waals surface area contributed by atoms with Crippen LogP contribution in [-0.2, 0) is 16.6 Å². The van der Waals surface area contributed by atoms with Crippen LogP contribution in [0.15, 0.2) is 38.9 Å². The molecule has 24 heavy (non-hydrogen) atoms. The van der Waals surface area contributed by atoms with Crippen LogP contribution in [0.1, 0.15) is 0 Å². The zero-order valence-electron chi connectivity index (χ0n) is 12.4. The van der Waals surface area contributed by atoms with Crippen LogP contribution in [0, 0.1) is 12.3 Å².